The number of halogens is 2. The van der Waals surface area contributed by atoms with Crippen LogP contribution in [0, 0.1) is 11.6 Å². The molecule has 6 heteroatoms. The number of aliphatic hydroxyl groups is 1. The van der Waals surface area contributed by atoms with E-state index >= 15 is 0 Å². The normalized spacial score (nSPS) is 10.7. The first-order valence-corrected chi connectivity index (χ1v) is 5.79. The third kappa shape index (κ3) is 3.29. The van der Waals surface area contributed by atoms with Crippen molar-refractivity contribution in [1.29, 1.82) is 0 Å². The van der Waals surface area contributed by atoms with Gasteiger partial charge >= 0.3 is 0 Å². The van der Waals surface area contributed by atoms with E-state index < -0.39 is 24.0 Å². The van der Waals surface area contributed by atoms with Gasteiger partial charge in [-0.3, -0.25) is 4.68 Å². The zero-order chi connectivity index (χ0) is 13.8. The molecule has 1 aromatic carbocycles. The molecule has 0 saturated carbocycles. The maximum Gasteiger partial charge on any atom is 0.190 e. The molecule has 2 aromatic rings. The van der Waals surface area contributed by atoms with Crippen LogP contribution in [-0.4, -0.2) is 21.5 Å². The Bertz CT molecular complexity index is 547. The Hall–Kier alpha value is -1.95. The second-order valence-electron chi connectivity index (χ2n) is 4.17. The first kappa shape index (κ1) is 13.5. The fourth-order valence-electron chi connectivity index (χ4n) is 1.71. The van der Waals surface area contributed by atoms with E-state index in [4.69, 9.17) is 9.84 Å². The van der Waals surface area contributed by atoms with E-state index in [0.717, 1.165) is 17.7 Å². The maximum absolute atomic E-state index is 13.5. The van der Waals surface area contributed by atoms with Crippen molar-refractivity contribution < 1.29 is 18.6 Å². The molecule has 0 unspecified atom stereocenters. The second kappa shape index (κ2) is 5.79. The molecule has 0 atom stereocenters. The van der Waals surface area contributed by atoms with Crippen LogP contribution in [-0.2, 0) is 20.1 Å². The van der Waals surface area contributed by atoms with Crippen LogP contribution >= 0.6 is 0 Å². The summed E-state index contributed by atoms with van der Waals surface area (Å²) in [6, 6.07) is 2.12. The smallest absolute Gasteiger partial charge is 0.190 e. The van der Waals surface area contributed by atoms with Gasteiger partial charge in [-0.05, 0) is 23.3 Å². The maximum atomic E-state index is 13.5. The highest BCUT2D eigenvalue weighted by molar-refractivity contribution is 5.31. The van der Waals surface area contributed by atoms with Gasteiger partial charge in [0.05, 0.1) is 19.4 Å². The van der Waals surface area contributed by atoms with E-state index in [-0.39, 0.29) is 12.2 Å². The minimum Gasteiger partial charge on any atom is -0.487 e. The molecule has 0 aliphatic heterocycles. The predicted molar refractivity (Wildman–Crippen MR) is 64.7 cm³/mol. The molecular formula is C13H14F2N2O2. The van der Waals surface area contributed by atoms with Gasteiger partial charge in [-0.2, -0.15) is 5.10 Å². The van der Waals surface area contributed by atoms with Gasteiger partial charge in [-0.15, -0.1) is 0 Å². The van der Waals surface area contributed by atoms with Crippen molar-refractivity contribution in [2.24, 2.45) is 7.05 Å². The molecule has 0 aliphatic carbocycles. The van der Waals surface area contributed by atoms with Crippen molar-refractivity contribution in [2.75, 3.05) is 6.61 Å². The fourth-order valence-corrected chi connectivity index (χ4v) is 1.71. The van der Waals surface area contributed by atoms with Gasteiger partial charge in [0.25, 0.3) is 0 Å². The number of rotatable bonds is 5. The zero-order valence-electron chi connectivity index (χ0n) is 10.4. The van der Waals surface area contributed by atoms with Crippen LogP contribution in [0.3, 0.4) is 0 Å². The van der Waals surface area contributed by atoms with Gasteiger partial charge in [0.2, 0.25) is 0 Å². The highest BCUT2D eigenvalue weighted by atomic mass is 19.1. The Kier molecular flexibility index (Phi) is 4.11. The number of aryl methyl sites for hydroxylation is 1. The molecular weight excluding hydrogens is 254 g/mol. The van der Waals surface area contributed by atoms with Crippen molar-refractivity contribution >= 4 is 0 Å². The lowest BCUT2D eigenvalue weighted by molar-refractivity contribution is 0.273. The van der Waals surface area contributed by atoms with Crippen molar-refractivity contribution in [3.8, 4) is 5.75 Å². The summed E-state index contributed by atoms with van der Waals surface area (Å²) in [5.74, 6) is -2.04. The summed E-state index contributed by atoms with van der Waals surface area (Å²) < 4.78 is 33.8. The topological polar surface area (TPSA) is 47.3 Å². The molecule has 0 saturated heterocycles. The Labute approximate surface area is 109 Å². The minimum absolute atomic E-state index is 0.151. The Morgan fingerprint density at radius 3 is 2.47 bits per heavy atom. The molecule has 0 aliphatic rings. The van der Waals surface area contributed by atoms with Crippen LogP contribution in [0.2, 0.25) is 0 Å². The number of aliphatic hydroxyl groups excluding tert-OH is 1. The second-order valence-corrected chi connectivity index (χ2v) is 4.17. The number of nitrogens with zero attached hydrogens (tertiary/aromatic N) is 2. The number of hydrogen-bond acceptors (Lipinski definition) is 3. The molecule has 102 valence electrons. The average molecular weight is 268 g/mol. The lowest BCUT2D eigenvalue weighted by Crippen LogP contribution is -2.05. The van der Waals surface area contributed by atoms with Crippen LogP contribution in [0.25, 0.3) is 0 Å². The summed E-state index contributed by atoms with van der Waals surface area (Å²) in [6.45, 7) is -0.262. The Morgan fingerprint density at radius 1 is 1.26 bits per heavy atom. The molecule has 2 rings (SSSR count). The SMILES string of the molecule is Cn1cc(CCOc2c(F)cc(CO)cc2F)cn1. The van der Waals surface area contributed by atoms with Crippen LogP contribution in [0.4, 0.5) is 8.78 Å². The zero-order valence-corrected chi connectivity index (χ0v) is 10.4. The monoisotopic (exact) mass is 268 g/mol. The quantitative estimate of drug-likeness (QED) is 0.899. The Balaban J connectivity index is 1.99. The average Bonchev–Trinajstić information content (AvgIpc) is 2.78. The molecule has 1 N–H and O–H groups in total. The number of ether oxygens (including phenoxy) is 1. The third-order valence-electron chi connectivity index (χ3n) is 2.64. The van der Waals surface area contributed by atoms with Gasteiger partial charge in [-0.1, -0.05) is 0 Å². The predicted octanol–water partition coefficient (Wildman–Crippen LogP) is 1.81. The molecule has 0 spiro atoms. The van der Waals surface area contributed by atoms with E-state index in [1.165, 1.54) is 0 Å². The third-order valence-corrected chi connectivity index (χ3v) is 2.64. The highest BCUT2D eigenvalue weighted by Gasteiger charge is 2.12. The molecule has 19 heavy (non-hydrogen) atoms. The first-order valence-electron chi connectivity index (χ1n) is 5.79. The van der Waals surface area contributed by atoms with E-state index in [1.54, 1.807) is 17.9 Å². The van der Waals surface area contributed by atoms with Gasteiger partial charge in [0, 0.05) is 19.7 Å². The summed E-state index contributed by atoms with van der Waals surface area (Å²) in [7, 11) is 1.79. The standard InChI is InChI=1S/C13H14F2N2O2/c1-17-7-9(6-16-17)2-3-19-13-11(14)4-10(8-18)5-12(13)15/h4-7,18H,2-3,8H2,1H3. The van der Waals surface area contributed by atoms with Crippen LogP contribution in [0.15, 0.2) is 24.5 Å². The largest absolute Gasteiger partial charge is 0.487 e. The molecule has 0 amide bonds. The Morgan fingerprint density at radius 2 is 1.95 bits per heavy atom. The number of aromatic nitrogens is 2. The van der Waals surface area contributed by atoms with Crippen molar-refractivity contribution in [1.82, 2.24) is 9.78 Å². The van der Waals surface area contributed by atoms with Crippen molar-refractivity contribution in [2.45, 2.75) is 13.0 Å². The number of hydrogen-bond donors (Lipinski definition) is 1. The summed E-state index contributed by atoms with van der Waals surface area (Å²) in [5, 5.41) is 12.8. The van der Waals surface area contributed by atoms with Crippen LogP contribution in [0.5, 0.6) is 5.75 Å². The summed E-state index contributed by atoms with van der Waals surface area (Å²) in [6.07, 6.45) is 3.99. The molecule has 1 aromatic heterocycles. The van der Waals surface area contributed by atoms with Crippen LogP contribution in [0.1, 0.15) is 11.1 Å². The number of benzene rings is 1. The molecule has 0 bridgehead atoms. The van der Waals surface area contributed by atoms with Gasteiger partial charge < -0.3 is 9.84 Å². The van der Waals surface area contributed by atoms with E-state index in [9.17, 15) is 8.78 Å². The molecule has 0 radical (unpaired) electrons. The van der Waals surface area contributed by atoms with E-state index in [0.29, 0.717) is 6.42 Å². The van der Waals surface area contributed by atoms with Crippen LogP contribution < -0.4 is 4.74 Å². The molecule has 4 nitrogen and oxygen atoms in total. The summed E-state index contributed by atoms with van der Waals surface area (Å²) in [5.41, 5.74) is 1.10. The minimum atomic E-state index is -0.810. The van der Waals surface area contributed by atoms with Crippen molar-refractivity contribution in [3.05, 3.63) is 47.3 Å². The highest BCUT2D eigenvalue weighted by Crippen LogP contribution is 2.23. The van der Waals surface area contributed by atoms with Gasteiger partial charge in [0.15, 0.2) is 17.4 Å². The van der Waals surface area contributed by atoms with Crippen molar-refractivity contribution in [3.63, 3.8) is 0 Å². The summed E-state index contributed by atoms with van der Waals surface area (Å²) in [4.78, 5) is 0. The first-order chi connectivity index (χ1) is 9.10. The molecule has 1 heterocycles. The lowest BCUT2D eigenvalue weighted by atomic mass is 10.2. The summed E-state index contributed by atoms with van der Waals surface area (Å²) >= 11 is 0. The van der Waals surface area contributed by atoms with Gasteiger partial charge in [-0.25, -0.2) is 8.78 Å². The van der Waals surface area contributed by atoms with E-state index in [1.807, 2.05) is 6.20 Å². The van der Waals surface area contributed by atoms with E-state index in [2.05, 4.69) is 5.10 Å². The fraction of sp³-hybridized carbons (Fsp3) is 0.308. The van der Waals surface area contributed by atoms with Gasteiger partial charge in [0.1, 0.15) is 0 Å². The lowest BCUT2D eigenvalue weighted by Gasteiger charge is -2.09. The molecule has 0 fully saturated rings.